The number of aliphatic hydroxyl groups excluding tert-OH is 10. The van der Waals surface area contributed by atoms with Gasteiger partial charge in [-0.1, -0.05) is 27.7 Å². The molecule has 63 heavy (non-hydrogen) atoms. The highest BCUT2D eigenvalue weighted by Gasteiger charge is 2.69. The highest BCUT2D eigenvalue weighted by atomic mass is 16.8. The molecule has 0 bridgehead atoms. The Balaban J connectivity index is 0.833. The SMILES string of the molecule is C[C@@H]1CC[C@@]2(OC1)O[C@H]1C[C@H]3[C@@H]4CC[C@H]5C[C@@H](O[C@@H]6O[C@H](CO)[C@H](O[C@@H]7O[C@H](CO)[C@@H](O)[C@H](O)[C@H]7O[C@@H]7O[C@H](CO)[C@H](O)[C@H](O)[C@H]7O)[C@H](O)[C@H]6O)CC[C@]5(C)[C@H]4CC[C@]3(C)[C@H]1[C@@H]2C. The van der Waals surface area contributed by atoms with Crippen molar-refractivity contribution in [3.8, 4) is 0 Å². The van der Waals surface area contributed by atoms with Crippen molar-refractivity contribution < 1.29 is 89.0 Å². The van der Waals surface area contributed by atoms with Gasteiger partial charge in [-0.3, -0.25) is 0 Å². The Morgan fingerprint density at radius 1 is 0.556 bits per heavy atom. The molecule has 4 saturated carbocycles. The molecule has 0 aromatic carbocycles. The topological polar surface area (TPSA) is 276 Å². The van der Waals surface area contributed by atoms with Gasteiger partial charge in [0.25, 0.3) is 0 Å². The lowest BCUT2D eigenvalue weighted by Crippen LogP contribution is -2.67. The van der Waals surface area contributed by atoms with Crippen molar-refractivity contribution in [3.05, 3.63) is 0 Å². The molecule has 5 heterocycles. The van der Waals surface area contributed by atoms with Crippen LogP contribution in [0.4, 0.5) is 0 Å². The number of hydrogen-bond donors (Lipinski definition) is 10. The second kappa shape index (κ2) is 18.0. The van der Waals surface area contributed by atoms with Gasteiger partial charge in [0.15, 0.2) is 24.7 Å². The van der Waals surface area contributed by atoms with E-state index in [-0.39, 0.29) is 23.0 Å². The lowest BCUT2D eigenvalue weighted by molar-refractivity contribution is -0.390. The molecule has 5 saturated heterocycles. The molecular weight excluding hydrogens is 828 g/mol. The fourth-order valence-electron chi connectivity index (χ4n) is 14.7. The summed E-state index contributed by atoms with van der Waals surface area (Å²) in [4.78, 5) is 0. The van der Waals surface area contributed by atoms with Crippen molar-refractivity contribution in [2.75, 3.05) is 26.4 Å². The molecule has 0 aromatic heterocycles. The minimum absolute atomic E-state index is 0.134. The molecule has 10 N–H and O–H groups in total. The zero-order chi connectivity index (χ0) is 44.9. The zero-order valence-corrected chi connectivity index (χ0v) is 37.0. The summed E-state index contributed by atoms with van der Waals surface area (Å²) >= 11 is 0. The average Bonchev–Trinajstić information content (AvgIpc) is 3.72. The summed E-state index contributed by atoms with van der Waals surface area (Å²) in [5.74, 6) is 3.29. The molecule has 0 unspecified atom stereocenters. The maximum Gasteiger partial charge on any atom is 0.187 e. The molecular formula is C45H74O18. The van der Waals surface area contributed by atoms with Gasteiger partial charge in [0.1, 0.15) is 73.2 Å². The predicted molar refractivity (Wildman–Crippen MR) is 216 cm³/mol. The van der Waals surface area contributed by atoms with Gasteiger partial charge in [0.05, 0.1) is 38.6 Å². The number of rotatable bonds is 9. The van der Waals surface area contributed by atoms with Crippen molar-refractivity contribution in [3.63, 3.8) is 0 Å². The van der Waals surface area contributed by atoms with E-state index in [2.05, 4.69) is 27.7 Å². The number of fused-ring (bicyclic) bond motifs is 7. The van der Waals surface area contributed by atoms with E-state index in [1.165, 1.54) is 12.8 Å². The molecule has 9 rings (SSSR count). The Kier molecular flexibility index (Phi) is 13.5. The fourth-order valence-corrected chi connectivity index (χ4v) is 14.7. The minimum atomic E-state index is -1.89. The lowest BCUT2D eigenvalue weighted by Gasteiger charge is -2.61. The molecule has 5 aliphatic heterocycles. The van der Waals surface area contributed by atoms with Crippen molar-refractivity contribution in [1.82, 2.24) is 0 Å². The van der Waals surface area contributed by atoms with Crippen LogP contribution in [-0.4, -0.2) is 188 Å². The van der Waals surface area contributed by atoms with Crippen LogP contribution in [0.15, 0.2) is 0 Å². The van der Waals surface area contributed by atoms with Crippen LogP contribution >= 0.6 is 0 Å². The van der Waals surface area contributed by atoms with E-state index in [0.29, 0.717) is 41.4 Å². The van der Waals surface area contributed by atoms with Crippen LogP contribution in [0.25, 0.3) is 0 Å². The summed E-state index contributed by atoms with van der Waals surface area (Å²) < 4.78 is 49.0. The molecule has 0 amide bonds. The predicted octanol–water partition coefficient (Wildman–Crippen LogP) is -0.734. The second-order valence-electron chi connectivity index (χ2n) is 21.5. The van der Waals surface area contributed by atoms with Crippen LogP contribution in [0.3, 0.4) is 0 Å². The molecule has 362 valence electrons. The average molecular weight is 903 g/mol. The molecule has 4 aliphatic carbocycles. The van der Waals surface area contributed by atoms with E-state index in [0.717, 1.165) is 58.0 Å². The van der Waals surface area contributed by atoms with Gasteiger partial charge in [-0.2, -0.15) is 0 Å². The van der Waals surface area contributed by atoms with Crippen molar-refractivity contribution in [2.24, 2.45) is 52.3 Å². The summed E-state index contributed by atoms with van der Waals surface area (Å²) in [5.41, 5.74) is 0.364. The summed E-state index contributed by atoms with van der Waals surface area (Å²) in [7, 11) is 0. The Morgan fingerprint density at radius 3 is 1.84 bits per heavy atom. The Hall–Kier alpha value is -0.720. The molecule has 1 spiro atoms. The maximum absolute atomic E-state index is 11.5. The van der Waals surface area contributed by atoms with Gasteiger partial charge in [-0.15, -0.1) is 0 Å². The minimum Gasteiger partial charge on any atom is -0.394 e. The number of hydrogen-bond acceptors (Lipinski definition) is 18. The molecule has 9 aliphatic rings. The van der Waals surface area contributed by atoms with Crippen LogP contribution < -0.4 is 0 Å². The second-order valence-corrected chi connectivity index (χ2v) is 21.5. The van der Waals surface area contributed by atoms with Crippen LogP contribution in [0, 0.1) is 52.3 Å². The van der Waals surface area contributed by atoms with Gasteiger partial charge in [-0.05, 0) is 104 Å². The first-order chi connectivity index (χ1) is 30.0. The first-order valence-corrected chi connectivity index (χ1v) is 23.8. The van der Waals surface area contributed by atoms with Crippen LogP contribution in [0.1, 0.15) is 91.9 Å². The standard InChI is InChI=1S/C45H74O18/c1-19-7-12-45(56-18-19)20(2)30-26(63-45)14-25-23-6-5-21-13-22(8-10-43(21,3)24(23)9-11-44(25,30)4)57-40-37(55)35(53)38(29(17-48)60-40)61-42-39(34(52)32(50)28(16-47)59-42)62-41-36(54)33(51)31(49)27(15-46)58-41/h19-42,46-55H,5-18H2,1-4H3/t19-,20+,21+,22+,23-,24+,25+,26+,27-,28-,29-,30+,31+,32-,33+,34+,35-,36-,37-,38+,39-,40-,41+,42+,43+,44+,45-/m1/s1. The molecule has 0 radical (unpaired) electrons. The third-order valence-electron chi connectivity index (χ3n) is 18.3. The van der Waals surface area contributed by atoms with E-state index in [4.69, 9.17) is 37.9 Å². The largest absolute Gasteiger partial charge is 0.394 e. The van der Waals surface area contributed by atoms with E-state index >= 15 is 0 Å². The molecule has 18 nitrogen and oxygen atoms in total. The Bertz CT molecular complexity index is 1570. The van der Waals surface area contributed by atoms with E-state index in [1.54, 1.807) is 0 Å². The quantitative estimate of drug-likeness (QED) is 0.128. The van der Waals surface area contributed by atoms with Gasteiger partial charge >= 0.3 is 0 Å². The monoisotopic (exact) mass is 902 g/mol. The smallest absolute Gasteiger partial charge is 0.187 e. The number of ether oxygens (including phenoxy) is 8. The third-order valence-corrected chi connectivity index (χ3v) is 18.3. The van der Waals surface area contributed by atoms with Gasteiger partial charge < -0.3 is 89.0 Å². The van der Waals surface area contributed by atoms with Crippen LogP contribution in [0.5, 0.6) is 0 Å². The molecule has 18 heteroatoms. The van der Waals surface area contributed by atoms with Crippen molar-refractivity contribution >= 4 is 0 Å². The fraction of sp³-hybridized carbons (Fsp3) is 1.00. The first-order valence-electron chi connectivity index (χ1n) is 23.8. The normalized spacial score (nSPS) is 58.2. The van der Waals surface area contributed by atoms with Gasteiger partial charge in [-0.25, -0.2) is 0 Å². The van der Waals surface area contributed by atoms with Gasteiger partial charge in [0.2, 0.25) is 0 Å². The van der Waals surface area contributed by atoms with E-state index in [9.17, 15) is 51.1 Å². The number of aliphatic hydroxyl groups is 10. The van der Waals surface area contributed by atoms with E-state index < -0.39 is 118 Å². The summed E-state index contributed by atoms with van der Waals surface area (Å²) in [6, 6.07) is 0. The molecule has 27 atom stereocenters. The Morgan fingerprint density at radius 2 is 1.16 bits per heavy atom. The summed E-state index contributed by atoms with van der Waals surface area (Å²) in [6.45, 7) is 8.23. The highest BCUT2D eigenvalue weighted by Crippen LogP contribution is 2.71. The lowest BCUT2D eigenvalue weighted by atomic mass is 9.44. The van der Waals surface area contributed by atoms with Crippen molar-refractivity contribution in [2.45, 2.75) is 202 Å². The third kappa shape index (κ3) is 7.88. The van der Waals surface area contributed by atoms with Crippen LogP contribution in [-0.2, 0) is 37.9 Å². The first kappa shape index (κ1) is 47.4. The summed E-state index contributed by atoms with van der Waals surface area (Å²) in [5, 5.41) is 106. The summed E-state index contributed by atoms with van der Waals surface area (Å²) in [6.07, 6.45) is -14.2. The van der Waals surface area contributed by atoms with Crippen LogP contribution in [0.2, 0.25) is 0 Å². The molecule has 9 fully saturated rings. The molecule has 0 aromatic rings. The maximum atomic E-state index is 11.5. The highest BCUT2D eigenvalue weighted by molar-refractivity contribution is 5.15. The zero-order valence-electron chi connectivity index (χ0n) is 37.0. The van der Waals surface area contributed by atoms with Gasteiger partial charge in [0, 0.05) is 12.3 Å². The van der Waals surface area contributed by atoms with Crippen molar-refractivity contribution in [1.29, 1.82) is 0 Å². The Labute approximate surface area is 369 Å². The van der Waals surface area contributed by atoms with E-state index in [1.807, 2.05) is 0 Å².